The molecule has 0 fully saturated rings. The normalized spacial score (nSPS) is 11.6. The molecule has 1 unspecified atom stereocenters. The summed E-state index contributed by atoms with van der Waals surface area (Å²) >= 11 is 0. The fourth-order valence-corrected chi connectivity index (χ4v) is 4.68. The molecule has 0 radical (unpaired) electrons. The second-order valence-electron chi connectivity index (χ2n) is 10.2. The lowest BCUT2D eigenvalue weighted by Gasteiger charge is -2.25. The maximum absolute atomic E-state index is 12.9. The first kappa shape index (κ1) is 30.6. The smallest absolute Gasteiger partial charge is 0.222 e. The number of carbonyl (C=O) groups is 2. The number of nitrogen functional groups attached to an aromatic ring is 1. The lowest BCUT2D eigenvalue weighted by molar-refractivity contribution is -0.130. The van der Waals surface area contributed by atoms with Crippen LogP contribution in [-0.4, -0.2) is 52.6 Å². The number of amides is 1. The molecular formula is C32H42N4O4. The van der Waals surface area contributed by atoms with Crippen molar-refractivity contribution in [3.63, 3.8) is 0 Å². The monoisotopic (exact) mass is 546 g/mol. The Hall–Kier alpha value is -3.94. The van der Waals surface area contributed by atoms with Crippen LogP contribution in [0.5, 0.6) is 11.5 Å². The molecule has 1 aromatic heterocycles. The molecule has 2 aromatic carbocycles. The maximum Gasteiger partial charge on any atom is 0.222 e. The van der Waals surface area contributed by atoms with Crippen molar-refractivity contribution in [2.24, 2.45) is 0 Å². The van der Waals surface area contributed by atoms with E-state index in [9.17, 15) is 14.7 Å². The predicted octanol–water partition coefficient (Wildman–Crippen LogP) is 6.15. The molecule has 0 aliphatic carbocycles. The van der Waals surface area contributed by atoms with E-state index < -0.39 is 0 Å². The zero-order chi connectivity index (χ0) is 28.6. The molecule has 0 aliphatic rings. The molecule has 0 saturated carbocycles. The van der Waals surface area contributed by atoms with E-state index in [-0.39, 0.29) is 23.4 Å². The number of hydrogen-bond acceptors (Lipinski definition) is 7. The molecule has 3 N–H and O–H groups in total. The standard InChI is InChI=1S/C32H42N4O4/c1-36(31(39)20-12-7-5-3-2-4-6-8-15-21-37)23-26(25-16-10-9-11-17-25)24-40-30-22-28(34-35-32(30)33)27-18-13-14-19-29(27)38/h9-11,13-14,16-19,21-22,26,38H,2-8,12,15,20,23-24H2,1H3,(H2,33,35). The Balaban J connectivity index is 1.52. The van der Waals surface area contributed by atoms with Gasteiger partial charge in [-0.3, -0.25) is 4.79 Å². The molecule has 0 spiro atoms. The second kappa shape index (κ2) is 16.9. The van der Waals surface area contributed by atoms with E-state index in [2.05, 4.69) is 10.2 Å². The molecule has 3 rings (SSSR count). The number of aromatic nitrogens is 2. The zero-order valence-corrected chi connectivity index (χ0v) is 23.5. The van der Waals surface area contributed by atoms with Crippen LogP contribution in [0.3, 0.4) is 0 Å². The number of aromatic hydroxyl groups is 1. The Kier molecular flexibility index (Phi) is 12.9. The average Bonchev–Trinajstić information content (AvgIpc) is 2.97. The number of likely N-dealkylation sites (N-methyl/N-ethyl adjacent to an activating group) is 1. The Bertz CT molecular complexity index is 1190. The van der Waals surface area contributed by atoms with Crippen LogP contribution in [0, 0.1) is 0 Å². The molecule has 0 saturated heterocycles. The van der Waals surface area contributed by atoms with E-state index in [1.54, 1.807) is 29.2 Å². The van der Waals surface area contributed by atoms with Gasteiger partial charge in [0.2, 0.25) is 5.91 Å². The van der Waals surface area contributed by atoms with Crippen LogP contribution in [0.25, 0.3) is 11.3 Å². The topological polar surface area (TPSA) is 119 Å². The third-order valence-corrected chi connectivity index (χ3v) is 7.06. The number of anilines is 1. The summed E-state index contributed by atoms with van der Waals surface area (Å²) in [6, 6.07) is 18.6. The van der Waals surface area contributed by atoms with Gasteiger partial charge in [-0.2, -0.15) is 0 Å². The van der Waals surface area contributed by atoms with Crippen molar-refractivity contribution < 1.29 is 19.4 Å². The summed E-state index contributed by atoms with van der Waals surface area (Å²) in [5.74, 6) is 0.696. The number of aldehydes is 1. The number of benzene rings is 2. The van der Waals surface area contributed by atoms with Crippen LogP contribution in [-0.2, 0) is 9.59 Å². The van der Waals surface area contributed by atoms with Crippen LogP contribution in [0.4, 0.5) is 5.82 Å². The molecule has 0 bridgehead atoms. The van der Waals surface area contributed by atoms with Crippen molar-refractivity contribution in [1.29, 1.82) is 0 Å². The first-order chi connectivity index (χ1) is 19.5. The Morgan fingerprint density at radius 1 is 0.950 bits per heavy atom. The van der Waals surface area contributed by atoms with Gasteiger partial charge in [-0.05, 0) is 30.5 Å². The van der Waals surface area contributed by atoms with E-state index in [0.717, 1.165) is 44.0 Å². The number of carbonyl (C=O) groups excluding carboxylic acids is 2. The van der Waals surface area contributed by atoms with Crippen molar-refractivity contribution in [3.05, 3.63) is 66.2 Å². The molecule has 8 nitrogen and oxygen atoms in total. The van der Waals surface area contributed by atoms with Gasteiger partial charge in [0.05, 0.1) is 6.61 Å². The summed E-state index contributed by atoms with van der Waals surface area (Å²) in [7, 11) is 1.84. The lowest BCUT2D eigenvalue weighted by atomic mass is 9.99. The van der Waals surface area contributed by atoms with E-state index in [1.165, 1.54) is 19.3 Å². The Labute approximate surface area is 237 Å². The van der Waals surface area contributed by atoms with Gasteiger partial charge in [0.15, 0.2) is 11.6 Å². The summed E-state index contributed by atoms with van der Waals surface area (Å²) < 4.78 is 6.14. The van der Waals surface area contributed by atoms with Crippen molar-refractivity contribution in [2.75, 3.05) is 25.9 Å². The number of ether oxygens (including phenoxy) is 1. The van der Waals surface area contributed by atoms with E-state index in [4.69, 9.17) is 10.5 Å². The van der Waals surface area contributed by atoms with Gasteiger partial charge in [-0.25, -0.2) is 0 Å². The van der Waals surface area contributed by atoms with Crippen LogP contribution >= 0.6 is 0 Å². The van der Waals surface area contributed by atoms with Gasteiger partial charge in [0.1, 0.15) is 17.7 Å². The summed E-state index contributed by atoms with van der Waals surface area (Å²) in [5, 5.41) is 18.3. The Morgan fingerprint density at radius 2 is 1.60 bits per heavy atom. The molecule has 214 valence electrons. The van der Waals surface area contributed by atoms with Gasteiger partial charge >= 0.3 is 0 Å². The van der Waals surface area contributed by atoms with E-state index in [1.807, 2.05) is 43.4 Å². The van der Waals surface area contributed by atoms with E-state index >= 15 is 0 Å². The second-order valence-corrected chi connectivity index (χ2v) is 10.2. The number of phenolic OH excluding ortho intramolecular Hbond substituents is 1. The lowest BCUT2D eigenvalue weighted by Crippen LogP contribution is -2.33. The zero-order valence-electron chi connectivity index (χ0n) is 23.5. The molecule has 0 aliphatic heterocycles. The van der Waals surface area contributed by atoms with Gasteiger partial charge in [-0.1, -0.05) is 81.0 Å². The average molecular weight is 547 g/mol. The van der Waals surface area contributed by atoms with Crippen LogP contribution in [0.1, 0.15) is 75.7 Å². The summed E-state index contributed by atoms with van der Waals surface area (Å²) in [5.41, 5.74) is 8.14. The minimum atomic E-state index is -0.0736. The fourth-order valence-electron chi connectivity index (χ4n) is 4.68. The minimum Gasteiger partial charge on any atom is -0.507 e. The summed E-state index contributed by atoms with van der Waals surface area (Å²) in [4.78, 5) is 25.1. The molecule has 3 aromatic rings. The first-order valence-electron chi connectivity index (χ1n) is 14.3. The number of unbranched alkanes of at least 4 members (excludes halogenated alkanes) is 8. The van der Waals surface area contributed by atoms with Crippen molar-refractivity contribution in [3.8, 4) is 22.8 Å². The highest BCUT2D eigenvalue weighted by atomic mass is 16.5. The first-order valence-corrected chi connectivity index (χ1v) is 14.3. The molecule has 1 heterocycles. The molecule has 1 atom stereocenters. The van der Waals surface area contributed by atoms with Crippen molar-refractivity contribution in [1.82, 2.24) is 15.1 Å². The highest BCUT2D eigenvalue weighted by Gasteiger charge is 2.20. The largest absolute Gasteiger partial charge is 0.507 e. The quantitative estimate of drug-likeness (QED) is 0.145. The molecule has 1 amide bonds. The minimum absolute atomic E-state index is 0.0736. The number of hydrogen-bond donors (Lipinski definition) is 2. The third-order valence-electron chi connectivity index (χ3n) is 7.06. The van der Waals surface area contributed by atoms with Gasteiger partial charge in [0.25, 0.3) is 0 Å². The van der Waals surface area contributed by atoms with E-state index in [0.29, 0.717) is 43.0 Å². The highest BCUT2D eigenvalue weighted by molar-refractivity contribution is 5.75. The number of nitrogens with zero attached hydrogens (tertiary/aromatic N) is 3. The number of nitrogens with two attached hydrogens (primary N) is 1. The fraction of sp³-hybridized carbons (Fsp3) is 0.438. The summed E-state index contributed by atoms with van der Waals surface area (Å²) in [6.45, 7) is 0.805. The number of phenols is 1. The third kappa shape index (κ3) is 9.98. The van der Waals surface area contributed by atoms with Gasteiger partial charge in [-0.15, -0.1) is 10.2 Å². The highest BCUT2D eigenvalue weighted by Crippen LogP contribution is 2.31. The van der Waals surface area contributed by atoms with Gasteiger partial charge < -0.3 is 25.3 Å². The molecular weight excluding hydrogens is 504 g/mol. The molecule has 40 heavy (non-hydrogen) atoms. The maximum atomic E-state index is 12.9. The van der Waals surface area contributed by atoms with Crippen LogP contribution in [0.15, 0.2) is 60.7 Å². The van der Waals surface area contributed by atoms with Gasteiger partial charge in [0, 0.05) is 44.0 Å². The summed E-state index contributed by atoms with van der Waals surface area (Å²) in [6.07, 6.45) is 10.9. The van der Waals surface area contributed by atoms with Crippen LogP contribution < -0.4 is 10.5 Å². The number of para-hydroxylation sites is 1. The predicted molar refractivity (Wildman–Crippen MR) is 158 cm³/mol. The van der Waals surface area contributed by atoms with Crippen LogP contribution in [0.2, 0.25) is 0 Å². The van der Waals surface area contributed by atoms with Crippen molar-refractivity contribution >= 4 is 18.0 Å². The Morgan fingerprint density at radius 3 is 2.30 bits per heavy atom. The SMILES string of the molecule is CN(CC(COc1cc(-c2ccccc2O)nnc1N)c1ccccc1)C(=O)CCCCCCCCCCC=O. The van der Waals surface area contributed by atoms with Crippen molar-refractivity contribution in [2.45, 2.75) is 70.1 Å². The number of rotatable bonds is 18. The molecule has 8 heteroatoms.